The van der Waals surface area contributed by atoms with E-state index in [-0.39, 0.29) is 17.3 Å². The molecular formula is C30H37N3O4S. The number of nitrogens with one attached hydrogen (secondary N) is 1. The minimum Gasteiger partial charge on any atom is -0.354 e. The third-order valence-electron chi connectivity index (χ3n) is 6.43. The molecule has 0 aliphatic heterocycles. The van der Waals surface area contributed by atoms with Gasteiger partial charge in [-0.05, 0) is 56.5 Å². The molecule has 7 nitrogen and oxygen atoms in total. The first-order valence-corrected chi connectivity index (χ1v) is 14.3. The topological polar surface area (TPSA) is 86.8 Å². The Kier molecular flexibility index (Phi) is 10.1. The van der Waals surface area contributed by atoms with Gasteiger partial charge in [-0.25, -0.2) is 8.42 Å². The van der Waals surface area contributed by atoms with Crippen LogP contribution in [-0.4, -0.2) is 44.3 Å². The fourth-order valence-electron chi connectivity index (χ4n) is 4.20. The van der Waals surface area contributed by atoms with Crippen LogP contribution in [0.15, 0.2) is 83.8 Å². The van der Waals surface area contributed by atoms with Gasteiger partial charge in [-0.15, -0.1) is 0 Å². The van der Waals surface area contributed by atoms with Gasteiger partial charge in [0.2, 0.25) is 11.8 Å². The fourth-order valence-corrected chi connectivity index (χ4v) is 5.70. The summed E-state index contributed by atoms with van der Waals surface area (Å²) in [5.41, 5.74) is 3.03. The van der Waals surface area contributed by atoms with Gasteiger partial charge in [0.1, 0.15) is 12.6 Å². The Hall–Kier alpha value is -3.65. The summed E-state index contributed by atoms with van der Waals surface area (Å²) in [5, 5.41) is 2.90. The van der Waals surface area contributed by atoms with Crippen molar-refractivity contribution in [2.75, 3.05) is 17.4 Å². The van der Waals surface area contributed by atoms with Crippen molar-refractivity contribution in [2.45, 2.75) is 58.0 Å². The summed E-state index contributed by atoms with van der Waals surface area (Å²) in [4.78, 5) is 28.5. The predicted octanol–water partition coefficient (Wildman–Crippen LogP) is 4.83. The van der Waals surface area contributed by atoms with Crippen molar-refractivity contribution < 1.29 is 18.0 Å². The highest BCUT2D eigenvalue weighted by Gasteiger charge is 2.32. The van der Waals surface area contributed by atoms with Gasteiger partial charge in [-0.1, -0.05) is 79.6 Å². The summed E-state index contributed by atoms with van der Waals surface area (Å²) >= 11 is 0. The number of nitrogens with zero attached hydrogens (tertiary/aromatic N) is 2. The molecule has 0 fully saturated rings. The SMILES string of the molecule is CCCCNC(=O)[C@@H](C)N(Cc1cccc(C)c1)C(=O)CN(c1ccccc1C)S(=O)(=O)c1ccccc1. The first-order valence-electron chi connectivity index (χ1n) is 12.9. The normalized spacial score (nSPS) is 12.0. The fraction of sp³-hybridized carbons (Fsp3) is 0.333. The van der Waals surface area contributed by atoms with E-state index in [4.69, 9.17) is 0 Å². The number of hydrogen-bond acceptors (Lipinski definition) is 4. The molecular weight excluding hydrogens is 498 g/mol. The lowest BCUT2D eigenvalue weighted by Crippen LogP contribution is -2.51. The summed E-state index contributed by atoms with van der Waals surface area (Å²) in [7, 11) is -4.06. The van der Waals surface area contributed by atoms with E-state index in [1.807, 2.05) is 57.2 Å². The maximum absolute atomic E-state index is 13.9. The molecule has 0 spiro atoms. The largest absolute Gasteiger partial charge is 0.354 e. The highest BCUT2D eigenvalue weighted by atomic mass is 32.2. The number of carbonyl (C=O) groups is 2. The zero-order chi connectivity index (χ0) is 27.7. The molecule has 0 heterocycles. The molecule has 38 heavy (non-hydrogen) atoms. The summed E-state index contributed by atoms with van der Waals surface area (Å²) in [5.74, 6) is -0.736. The Labute approximate surface area is 226 Å². The zero-order valence-electron chi connectivity index (χ0n) is 22.6. The number of benzene rings is 3. The lowest BCUT2D eigenvalue weighted by molar-refractivity contribution is -0.139. The average Bonchev–Trinajstić information content (AvgIpc) is 2.91. The zero-order valence-corrected chi connectivity index (χ0v) is 23.4. The van der Waals surface area contributed by atoms with Crippen LogP contribution < -0.4 is 9.62 Å². The third kappa shape index (κ3) is 7.22. The molecule has 202 valence electrons. The maximum Gasteiger partial charge on any atom is 0.264 e. The monoisotopic (exact) mass is 535 g/mol. The van der Waals surface area contributed by atoms with E-state index in [2.05, 4.69) is 5.32 Å². The highest BCUT2D eigenvalue weighted by molar-refractivity contribution is 7.92. The van der Waals surface area contributed by atoms with Crippen molar-refractivity contribution in [2.24, 2.45) is 0 Å². The number of rotatable bonds is 12. The lowest BCUT2D eigenvalue weighted by Gasteiger charge is -2.32. The summed E-state index contributed by atoms with van der Waals surface area (Å²) in [6, 6.07) is 22.1. The molecule has 0 radical (unpaired) electrons. The number of hydrogen-bond donors (Lipinski definition) is 1. The van der Waals surface area contributed by atoms with Crippen molar-refractivity contribution >= 4 is 27.5 Å². The van der Waals surface area contributed by atoms with Gasteiger partial charge in [-0.2, -0.15) is 0 Å². The van der Waals surface area contributed by atoms with E-state index in [1.54, 1.807) is 37.3 Å². The van der Waals surface area contributed by atoms with E-state index >= 15 is 0 Å². The van der Waals surface area contributed by atoms with Crippen LogP contribution in [0.5, 0.6) is 0 Å². The standard InChI is InChI=1S/C30H37N3O4S/c1-5-6-19-31-30(35)25(4)32(21-26-15-12-13-23(2)20-26)29(34)22-33(28-18-11-10-14-24(28)3)38(36,37)27-16-8-7-9-17-27/h7-18,20,25H,5-6,19,21-22H2,1-4H3,(H,31,35)/t25-/m1/s1. The molecule has 1 atom stereocenters. The molecule has 0 aliphatic carbocycles. The van der Waals surface area contributed by atoms with Crippen molar-refractivity contribution in [3.8, 4) is 0 Å². The van der Waals surface area contributed by atoms with Crippen molar-refractivity contribution in [1.82, 2.24) is 10.2 Å². The third-order valence-corrected chi connectivity index (χ3v) is 8.20. The molecule has 2 amide bonds. The van der Waals surface area contributed by atoms with Gasteiger partial charge in [0.05, 0.1) is 10.6 Å². The van der Waals surface area contributed by atoms with Gasteiger partial charge in [-0.3, -0.25) is 13.9 Å². The average molecular weight is 536 g/mol. The molecule has 3 aromatic rings. The molecule has 3 aromatic carbocycles. The predicted molar refractivity (Wildman–Crippen MR) is 151 cm³/mol. The molecule has 0 aromatic heterocycles. The van der Waals surface area contributed by atoms with E-state index in [0.29, 0.717) is 12.2 Å². The Bertz CT molecular complexity index is 1340. The minimum absolute atomic E-state index is 0.0895. The van der Waals surface area contributed by atoms with Gasteiger partial charge >= 0.3 is 0 Å². The molecule has 0 aliphatic rings. The lowest BCUT2D eigenvalue weighted by atomic mass is 10.1. The van der Waals surface area contributed by atoms with Crippen LogP contribution in [0.2, 0.25) is 0 Å². The van der Waals surface area contributed by atoms with Crippen LogP contribution in [0.3, 0.4) is 0 Å². The Morgan fingerprint density at radius 1 is 0.921 bits per heavy atom. The smallest absolute Gasteiger partial charge is 0.264 e. The van der Waals surface area contributed by atoms with Crippen LogP contribution in [0, 0.1) is 13.8 Å². The van der Waals surface area contributed by atoms with Crippen LogP contribution in [0.25, 0.3) is 0 Å². The van der Waals surface area contributed by atoms with Gasteiger partial charge in [0.25, 0.3) is 10.0 Å². The molecule has 1 N–H and O–H groups in total. The van der Waals surface area contributed by atoms with Crippen LogP contribution in [0.1, 0.15) is 43.4 Å². The second kappa shape index (κ2) is 13.2. The number of sulfonamides is 1. The van der Waals surface area contributed by atoms with E-state index in [9.17, 15) is 18.0 Å². The molecule has 0 saturated heterocycles. The van der Waals surface area contributed by atoms with Crippen LogP contribution in [0.4, 0.5) is 5.69 Å². The second-order valence-electron chi connectivity index (χ2n) is 9.44. The second-order valence-corrected chi connectivity index (χ2v) is 11.3. The highest BCUT2D eigenvalue weighted by Crippen LogP contribution is 2.27. The quantitative estimate of drug-likeness (QED) is 0.337. The van der Waals surface area contributed by atoms with E-state index in [1.165, 1.54) is 17.0 Å². The summed E-state index contributed by atoms with van der Waals surface area (Å²) < 4.78 is 28.7. The van der Waals surface area contributed by atoms with Gasteiger partial charge in [0, 0.05) is 13.1 Å². The van der Waals surface area contributed by atoms with Crippen molar-refractivity contribution in [3.05, 3.63) is 95.6 Å². The Balaban J connectivity index is 2.00. The van der Waals surface area contributed by atoms with Crippen molar-refractivity contribution in [3.63, 3.8) is 0 Å². The molecule has 0 saturated carbocycles. The number of anilines is 1. The number of para-hydroxylation sites is 1. The minimum atomic E-state index is -4.06. The van der Waals surface area contributed by atoms with E-state index in [0.717, 1.165) is 33.8 Å². The van der Waals surface area contributed by atoms with Gasteiger partial charge < -0.3 is 10.2 Å². The summed E-state index contributed by atoms with van der Waals surface area (Å²) in [6.45, 7) is 7.74. The molecule has 3 rings (SSSR count). The van der Waals surface area contributed by atoms with Crippen LogP contribution in [-0.2, 0) is 26.2 Å². The van der Waals surface area contributed by atoms with Crippen molar-refractivity contribution in [1.29, 1.82) is 0 Å². The molecule has 0 unspecified atom stereocenters. The first-order chi connectivity index (χ1) is 18.1. The Morgan fingerprint density at radius 3 is 2.26 bits per heavy atom. The first kappa shape index (κ1) is 28.9. The molecule has 0 bridgehead atoms. The number of unbranched alkanes of at least 4 members (excludes halogenated alkanes) is 1. The van der Waals surface area contributed by atoms with Crippen LogP contribution >= 0.6 is 0 Å². The molecule has 8 heteroatoms. The number of amides is 2. The van der Waals surface area contributed by atoms with E-state index < -0.39 is 28.5 Å². The Morgan fingerprint density at radius 2 is 1.61 bits per heavy atom. The summed E-state index contributed by atoms with van der Waals surface area (Å²) in [6.07, 6.45) is 1.77. The maximum atomic E-state index is 13.9. The van der Waals surface area contributed by atoms with Gasteiger partial charge in [0.15, 0.2) is 0 Å². The number of aryl methyl sites for hydroxylation is 2. The number of carbonyl (C=O) groups excluding carboxylic acids is 2.